The molecule has 0 bridgehead atoms. The maximum absolute atomic E-state index is 4.27. The Hall–Kier alpha value is -0.790. The smallest absolute Gasteiger partial charge is 0.0519 e. The zero-order valence-corrected chi connectivity index (χ0v) is 7.54. The number of hydrogen-bond acceptors (Lipinski definition) is 1. The Morgan fingerprint density at radius 1 is 1.45 bits per heavy atom. The highest BCUT2D eigenvalue weighted by molar-refractivity contribution is 5.00. The monoisotopic (exact) mass is 152 g/mol. The molecule has 1 heterocycles. The first kappa shape index (κ1) is 8.31. The predicted octanol–water partition coefficient (Wildman–Crippen LogP) is 2.55. The second-order valence-corrected chi connectivity index (χ2v) is 2.97. The van der Waals surface area contributed by atoms with Crippen molar-refractivity contribution in [2.24, 2.45) is 0 Å². The van der Waals surface area contributed by atoms with Crippen molar-refractivity contribution in [1.82, 2.24) is 9.78 Å². The van der Waals surface area contributed by atoms with E-state index in [1.807, 2.05) is 6.20 Å². The molecule has 2 heteroatoms. The summed E-state index contributed by atoms with van der Waals surface area (Å²) in [6, 6.07) is 0.587. The van der Waals surface area contributed by atoms with E-state index in [1.165, 1.54) is 5.56 Å². The second kappa shape index (κ2) is 3.56. The molecule has 0 spiro atoms. The molecule has 0 aliphatic rings. The van der Waals surface area contributed by atoms with Crippen LogP contribution in [0.3, 0.4) is 0 Å². The van der Waals surface area contributed by atoms with Crippen LogP contribution in [0, 0.1) is 6.92 Å². The highest BCUT2D eigenvalue weighted by Gasteiger charge is 2.05. The van der Waals surface area contributed by atoms with E-state index in [4.69, 9.17) is 0 Å². The minimum atomic E-state index is 0.587. The molecule has 0 amide bonds. The molecule has 0 unspecified atom stereocenters. The average Bonchev–Trinajstić information content (AvgIpc) is 2.39. The van der Waals surface area contributed by atoms with E-state index in [1.54, 1.807) is 0 Å². The van der Waals surface area contributed by atoms with Gasteiger partial charge in [0.2, 0.25) is 0 Å². The molecule has 0 aliphatic heterocycles. The maximum Gasteiger partial charge on any atom is 0.0519 e. The number of aromatic nitrogens is 2. The first-order chi connectivity index (χ1) is 5.27. The molecule has 0 atom stereocenters. The molecule has 1 aromatic heterocycles. The topological polar surface area (TPSA) is 17.8 Å². The SMILES string of the molecule is CCC(CC)n1cc(C)cn1. The van der Waals surface area contributed by atoms with Crippen LogP contribution in [-0.2, 0) is 0 Å². The normalized spacial score (nSPS) is 10.9. The Labute approximate surface area is 68.2 Å². The molecule has 1 aromatic rings. The molecule has 0 aliphatic carbocycles. The first-order valence-corrected chi connectivity index (χ1v) is 4.28. The summed E-state index contributed by atoms with van der Waals surface area (Å²) >= 11 is 0. The third-order valence-electron chi connectivity index (χ3n) is 2.05. The Kier molecular flexibility index (Phi) is 2.69. The summed E-state index contributed by atoms with van der Waals surface area (Å²) in [6.45, 7) is 6.47. The van der Waals surface area contributed by atoms with E-state index in [0.717, 1.165) is 12.8 Å². The summed E-state index contributed by atoms with van der Waals surface area (Å²) in [5, 5.41) is 4.27. The Morgan fingerprint density at radius 2 is 2.09 bits per heavy atom. The van der Waals surface area contributed by atoms with Gasteiger partial charge >= 0.3 is 0 Å². The highest BCUT2D eigenvalue weighted by Crippen LogP contribution is 2.14. The summed E-state index contributed by atoms with van der Waals surface area (Å²) in [5.74, 6) is 0. The largest absolute Gasteiger partial charge is 0.269 e. The molecule has 0 N–H and O–H groups in total. The minimum Gasteiger partial charge on any atom is -0.269 e. The van der Waals surface area contributed by atoms with Gasteiger partial charge in [0.15, 0.2) is 0 Å². The first-order valence-electron chi connectivity index (χ1n) is 4.28. The van der Waals surface area contributed by atoms with Crippen molar-refractivity contribution in [1.29, 1.82) is 0 Å². The van der Waals surface area contributed by atoms with E-state index in [0.29, 0.717) is 6.04 Å². The van der Waals surface area contributed by atoms with Crippen LogP contribution in [0.1, 0.15) is 38.3 Å². The third kappa shape index (κ3) is 1.82. The predicted molar refractivity (Wildman–Crippen MR) is 46.6 cm³/mol. The van der Waals surface area contributed by atoms with E-state index < -0.39 is 0 Å². The van der Waals surface area contributed by atoms with Gasteiger partial charge in [-0.05, 0) is 25.3 Å². The van der Waals surface area contributed by atoms with Gasteiger partial charge in [-0.3, -0.25) is 4.68 Å². The Morgan fingerprint density at radius 3 is 2.45 bits per heavy atom. The number of aryl methyl sites for hydroxylation is 1. The van der Waals surface area contributed by atoms with Gasteiger partial charge in [0, 0.05) is 6.20 Å². The van der Waals surface area contributed by atoms with Gasteiger partial charge < -0.3 is 0 Å². The fraction of sp³-hybridized carbons (Fsp3) is 0.667. The van der Waals surface area contributed by atoms with Crippen molar-refractivity contribution in [2.75, 3.05) is 0 Å². The van der Waals surface area contributed by atoms with Crippen LogP contribution in [-0.4, -0.2) is 9.78 Å². The van der Waals surface area contributed by atoms with Crippen molar-refractivity contribution in [3.63, 3.8) is 0 Å². The van der Waals surface area contributed by atoms with Gasteiger partial charge in [-0.1, -0.05) is 13.8 Å². The summed E-state index contributed by atoms with van der Waals surface area (Å²) in [7, 11) is 0. The molecule has 62 valence electrons. The lowest BCUT2D eigenvalue weighted by molar-refractivity contribution is 0.428. The second-order valence-electron chi connectivity index (χ2n) is 2.97. The van der Waals surface area contributed by atoms with Gasteiger partial charge in [0.05, 0.1) is 12.2 Å². The van der Waals surface area contributed by atoms with Crippen LogP contribution in [0.15, 0.2) is 12.4 Å². The van der Waals surface area contributed by atoms with Crippen molar-refractivity contribution in [2.45, 2.75) is 39.7 Å². The lowest BCUT2D eigenvalue weighted by Gasteiger charge is -2.11. The average molecular weight is 152 g/mol. The van der Waals surface area contributed by atoms with E-state index in [9.17, 15) is 0 Å². The van der Waals surface area contributed by atoms with Crippen LogP contribution in [0.2, 0.25) is 0 Å². The summed E-state index contributed by atoms with van der Waals surface area (Å²) < 4.78 is 2.06. The van der Waals surface area contributed by atoms with Crippen LogP contribution in [0.5, 0.6) is 0 Å². The Balaban J connectivity index is 2.73. The van der Waals surface area contributed by atoms with Gasteiger partial charge in [0.1, 0.15) is 0 Å². The summed E-state index contributed by atoms with van der Waals surface area (Å²) in [6.07, 6.45) is 6.35. The van der Waals surface area contributed by atoms with E-state index in [2.05, 4.69) is 36.7 Å². The van der Waals surface area contributed by atoms with Crippen LogP contribution >= 0.6 is 0 Å². The molecule has 0 aromatic carbocycles. The van der Waals surface area contributed by atoms with Crippen LogP contribution < -0.4 is 0 Å². The zero-order valence-electron chi connectivity index (χ0n) is 7.54. The van der Waals surface area contributed by atoms with Crippen LogP contribution in [0.25, 0.3) is 0 Å². The maximum atomic E-state index is 4.27. The summed E-state index contributed by atoms with van der Waals surface area (Å²) in [5.41, 5.74) is 1.25. The van der Waals surface area contributed by atoms with Gasteiger partial charge in [-0.15, -0.1) is 0 Å². The molecular weight excluding hydrogens is 136 g/mol. The van der Waals surface area contributed by atoms with Crippen molar-refractivity contribution in [3.05, 3.63) is 18.0 Å². The molecule has 11 heavy (non-hydrogen) atoms. The van der Waals surface area contributed by atoms with Crippen molar-refractivity contribution >= 4 is 0 Å². The molecule has 1 rings (SSSR count). The lowest BCUT2D eigenvalue weighted by atomic mass is 10.2. The summed E-state index contributed by atoms with van der Waals surface area (Å²) in [4.78, 5) is 0. The zero-order chi connectivity index (χ0) is 8.27. The van der Waals surface area contributed by atoms with Gasteiger partial charge in [0.25, 0.3) is 0 Å². The minimum absolute atomic E-state index is 0.587. The van der Waals surface area contributed by atoms with E-state index in [-0.39, 0.29) is 0 Å². The highest BCUT2D eigenvalue weighted by atomic mass is 15.3. The van der Waals surface area contributed by atoms with Gasteiger partial charge in [-0.25, -0.2) is 0 Å². The quantitative estimate of drug-likeness (QED) is 0.650. The molecule has 0 saturated carbocycles. The molecule has 0 radical (unpaired) electrons. The van der Waals surface area contributed by atoms with Crippen molar-refractivity contribution < 1.29 is 0 Å². The molecule has 0 fully saturated rings. The van der Waals surface area contributed by atoms with Crippen LogP contribution in [0.4, 0.5) is 0 Å². The fourth-order valence-corrected chi connectivity index (χ4v) is 1.30. The van der Waals surface area contributed by atoms with Crippen molar-refractivity contribution in [3.8, 4) is 0 Å². The number of rotatable bonds is 3. The molecule has 2 nitrogen and oxygen atoms in total. The molecule has 0 saturated heterocycles. The Bertz CT molecular complexity index is 211. The number of nitrogens with zero attached hydrogens (tertiary/aromatic N) is 2. The third-order valence-corrected chi connectivity index (χ3v) is 2.05. The van der Waals surface area contributed by atoms with Gasteiger partial charge in [-0.2, -0.15) is 5.10 Å². The lowest BCUT2D eigenvalue weighted by Crippen LogP contribution is -2.06. The van der Waals surface area contributed by atoms with E-state index >= 15 is 0 Å². The molecular formula is C9H16N2. The number of hydrogen-bond donors (Lipinski definition) is 0. The fourth-order valence-electron chi connectivity index (χ4n) is 1.30. The standard InChI is InChI=1S/C9H16N2/c1-4-9(5-2)11-7-8(3)6-10-11/h6-7,9H,4-5H2,1-3H3.